The van der Waals surface area contributed by atoms with E-state index in [2.05, 4.69) is 48.5 Å². The minimum Gasteiger partial charge on any atom is -0.462 e. The molecule has 0 aliphatic carbocycles. The van der Waals surface area contributed by atoms with Crippen LogP contribution in [0, 0.1) is 17.8 Å². The zero-order valence-corrected chi connectivity index (χ0v) is 65.3. The average Bonchev–Trinajstić information content (AvgIpc) is 1.41. The van der Waals surface area contributed by atoms with Crippen LogP contribution in [0.1, 0.15) is 402 Å². The molecule has 0 saturated heterocycles. The highest BCUT2D eigenvalue weighted by molar-refractivity contribution is 7.47. The van der Waals surface area contributed by atoms with Crippen LogP contribution in [0.25, 0.3) is 0 Å². The van der Waals surface area contributed by atoms with Crippen molar-refractivity contribution in [3.8, 4) is 0 Å². The Bertz CT molecular complexity index is 1890. The van der Waals surface area contributed by atoms with E-state index >= 15 is 0 Å². The summed E-state index contributed by atoms with van der Waals surface area (Å²) in [6, 6.07) is 0. The third-order valence-electron chi connectivity index (χ3n) is 18.5. The third-order valence-corrected chi connectivity index (χ3v) is 20.4. The van der Waals surface area contributed by atoms with Crippen LogP contribution >= 0.6 is 15.6 Å². The molecule has 0 saturated carbocycles. The van der Waals surface area contributed by atoms with Crippen LogP contribution in [0.5, 0.6) is 0 Å². The normalized spacial score (nSPS) is 14.3. The van der Waals surface area contributed by atoms with Gasteiger partial charge in [-0.05, 0) is 43.4 Å². The molecule has 0 aromatic heterocycles. The second-order valence-corrected chi connectivity index (χ2v) is 32.2. The van der Waals surface area contributed by atoms with E-state index < -0.39 is 97.5 Å². The fraction of sp³-hybridized carbons (Fsp3) is 0.949. The first-order chi connectivity index (χ1) is 46.8. The summed E-state index contributed by atoms with van der Waals surface area (Å²) < 4.78 is 68.6. The fourth-order valence-corrected chi connectivity index (χ4v) is 13.5. The number of phosphoric ester groups is 2. The highest BCUT2D eigenvalue weighted by Crippen LogP contribution is 2.45. The lowest BCUT2D eigenvalue weighted by Gasteiger charge is -2.21. The molecule has 0 aliphatic rings. The van der Waals surface area contributed by atoms with Crippen LogP contribution in [0.3, 0.4) is 0 Å². The van der Waals surface area contributed by atoms with Gasteiger partial charge in [-0.25, -0.2) is 9.13 Å². The van der Waals surface area contributed by atoms with E-state index in [0.29, 0.717) is 25.7 Å². The standard InChI is InChI=1S/C78H152O17P2/c1-8-10-11-12-13-14-31-38-45-52-59-75(80)88-65-73(95-78(83)62-55-48-41-34-27-26-30-37-44-51-58-71(7)9-2)67-92-96(84,85)90-63-72(79)64-91-97(86,87)93-68-74(66-89-76(81)60-53-46-39-32-24-21-17-19-23-29-36-43-50-57-70(5)6)94-77(82)61-54-47-40-33-25-20-16-15-18-22-28-35-42-49-56-69(3)4/h69-74,79H,8-68H2,1-7H3,(H,84,85)(H,86,87)/t71?,72-,73+,74+/m0/s1. The molecule has 6 atom stereocenters. The summed E-state index contributed by atoms with van der Waals surface area (Å²) >= 11 is 0. The molecule has 576 valence electrons. The van der Waals surface area contributed by atoms with Gasteiger partial charge in [-0.1, -0.05) is 350 Å². The van der Waals surface area contributed by atoms with E-state index in [1.807, 2.05) is 0 Å². The molecule has 0 spiro atoms. The summed E-state index contributed by atoms with van der Waals surface area (Å²) in [6.07, 6.45) is 55.3. The molecule has 0 amide bonds. The van der Waals surface area contributed by atoms with Gasteiger partial charge < -0.3 is 33.8 Å². The number of ether oxygens (including phenoxy) is 4. The van der Waals surface area contributed by atoms with Crippen molar-refractivity contribution in [1.82, 2.24) is 0 Å². The Labute approximate surface area is 594 Å². The van der Waals surface area contributed by atoms with Gasteiger partial charge in [0.15, 0.2) is 12.2 Å². The minimum absolute atomic E-state index is 0.106. The Kier molecular flexibility index (Phi) is 67.1. The lowest BCUT2D eigenvalue weighted by atomic mass is 9.99. The number of phosphoric acid groups is 2. The van der Waals surface area contributed by atoms with Crippen molar-refractivity contribution < 1.29 is 80.2 Å². The second-order valence-electron chi connectivity index (χ2n) is 29.3. The maximum absolute atomic E-state index is 13.1. The number of unbranched alkanes of at least 4 members (excludes halogenated alkanes) is 43. The summed E-state index contributed by atoms with van der Waals surface area (Å²) in [4.78, 5) is 72.9. The van der Waals surface area contributed by atoms with Gasteiger partial charge in [-0.3, -0.25) is 37.3 Å². The average molecular weight is 1420 g/mol. The fourth-order valence-electron chi connectivity index (χ4n) is 11.9. The smallest absolute Gasteiger partial charge is 0.462 e. The molecule has 0 aromatic carbocycles. The first kappa shape index (κ1) is 95.1. The van der Waals surface area contributed by atoms with E-state index in [-0.39, 0.29) is 25.7 Å². The quantitative estimate of drug-likeness (QED) is 0.0222. The zero-order chi connectivity index (χ0) is 71.6. The Morgan fingerprint density at radius 2 is 0.526 bits per heavy atom. The molecule has 0 aromatic rings. The van der Waals surface area contributed by atoms with Gasteiger partial charge in [0.25, 0.3) is 0 Å². The van der Waals surface area contributed by atoms with Crippen LogP contribution in [-0.4, -0.2) is 96.7 Å². The molecule has 0 rings (SSSR count). The van der Waals surface area contributed by atoms with Gasteiger partial charge in [0.05, 0.1) is 26.4 Å². The van der Waals surface area contributed by atoms with Gasteiger partial charge in [0, 0.05) is 25.7 Å². The lowest BCUT2D eigenvalue weighted by molar-refractivity contribution is -0.161. The second kappa shape index (κ2) is 68.5. The number of rotatable bonds is 76. The monoisotopic (exact) mass is 1420 g/mol. The molecule has 0 aliphatic heterocycles. The number of aliphatic hydroxyl groups excluding tert-OH is 1. The maximum Gasteiger partial charge on any atom is 0.472 e. The van der Waals surface area contributed by atoms with E-state index in [1.165, 1.54) is 212 Å². The van der Waals surface area contributed by atoms with E-state index in [9.17, 15) is 43.2 Å². The number of hydrogen-bond donors (Lipinski definition) is 3. The van der Waals surface area contributed by atoms with Crippen molar-refractivity contribution in [2.24, 2.45) is 17.8 Å². The molecule has 0 fully saturated rings. The third kappa shape index (κ3) is 70.9. The van der Waals surface area contributed by atoms with Crippen molar-refractivity contribution in [3.05, 3.63) is 0 Å². The van der Waals surface area contributed by atoms with E-state index in [4.69, 9.17) is 37.0 Å². The van der Waals surface area contributed by atoms with Gasteiger partial charge in [-0.2, -0.15) is 0 Å². The summed E-state index contributed by atoms with van der Waals surface area (Å²) in [5, 5.41) is 10.6. The zero-order valence-electron chi connectivity index (χ0n) is 63.5. The molecular formula is C78H152O17P2. The van der Waals surface area contributed by atoms with E-state index in [1.54, 1.807) is 0 Å². The molecule has 97 heavy (non-hydrogen) atoms. The van der Waals surface area contributed by atoms with Crippen LogP contribution in [0.15, 0.2) is 0 Å². The first-order valence-electron chi connectivity index (χ1n) is 40.4. The van der Waals surface area contributed by atoms with Crippen LogP contribution in [-0.2, 0) is 65.4 Å². The molecular weight excluding hydrogens is 1270 g/mol. The number of aliphatic hydroxyl groups is 1. The lowest BCUT2D eigenvalue weighted by Crippen LogP contribution is -2.30. The number of carbonyl (C=O) groups is 4. The van der Waals surface area contributed by atoms with Gasteiger partial charge in [0.1, 0.15) is 19.3 Å². The first-order valence-corrected chi connectivity index (χ1v) is 43.4. The molecule has 0 heterocycles. The highest BCUT2D eigenvalue weighted by atomic mass is 31.2. The predicted molar refractivity (Wildman–Crippen MR) is 395 cm³/mol. The number of hydrogen-bond acceptors (Lipinski definition) is 15. The van der Waals surface area contributed by atoms with Gasteiger partial charge in [-0.15, -0.1) is 0 Å². The van der Waals surface area contributed by atoms with Crippen molar-refractivity contribution in [2.75, 3.05) is 39.6 Å². The highest BCUT2D eigenvalue weighted by Gasteiger charge is 2.30. The van der Waals surface area contributed by atoms with Crippen LogP contribution < -0.4 is 0 Å². The Morgan fingerprint density at radius 1 is 0.299 bits per heavy atom. The summed E-state index contributed by atoms with van der Waals surface area (Å²) in [7, 11) is -9.92. The molecule has 3 unspecified atom stereocenters. The van der Waals surface area contributed by atoms with Crippen molar-refractivity contribution >= 4 is 39.5 Å². The number of esters is 4. The molecule has 0 bridgehead atoms. The summed E-state index contributed by atoms with van der Waals surface area (Å²) in [5.41, 5.74) is 0. The topological polar surface area (TPSA) is 237 Å². The molecule has 3 N–H and O–H groups in total. The van der Waals surface area contributed by atoms with Crippen molar-refractivity contribution in [2.45, 2.75) is 420 Å². The minimum atomic E-state index is -4.96. The molecule has 19 heteroatoms. The van der Waals surface area contributed by atoms with Gasteiger partial charge in [0.2, 0.25) is 0 Å². The SMILES string of the molecule is CCCCCCCCCCCCC(=O)OC[C@H](COP(=O)(O)OC[C@H](O)COP(=O)(O)OC[C@@H](COC(=O)CCCCCCCCCCCCCCCC(C)C)OC(=O)CCCCCCCCCCCCCCCCC(C)C)OC(=O)CCCCCCCCCCCCC(C)CC. The Balaban J connectivity index is 5.25. The Hall–Kier alpha value is -1.94. The number of carbonyl (C=O) groups excluding carboxylic acids is 4. The summed E-state index contributed by atoms with van der Waals surface area (Å²) in [5.74, 6) is 0.275. The van der Waals surface area contributed by atoms with Crippen LogP contribution in [0.4, 0.5) is 0 Å². The van der Waals surface area contributed by atoms with Gasteiger partial charge >= 0.3 is 39.5 Å². The van der Waals surface area contributed by atoms with Crippen molar-refractivity contribution in [3.63, 3.8) is 0 Å². The predicted octanol–water partition coefficient (Wildman–Crippen LogP) is 23.0. The molecule has 17 nitrogen and oxygen atoms in total. The molecule has 0 radical (unpaired) electrons. The largest absolute Gasteiger partial charge is 0.472 e. The van der Waals surface area contributed by atoms with Crippen LogP contribution in [0.2, 0.25) is 0 Å². The summed E-state index contributed by atoms with van der Waals surface area (Å²) in [6.45, 7) is 12.0. The maximum atomic E-state index is 13.1. The van der Waals surface area contributed by atoms with Crippen molar-refractivity contribution in [1.29, 1.82) is 0 Å². The van der Waals surface area contributed by atoms with E-state index in [0.717, 1.165) is 108 Å². The Morgan fingerprint density at radius 3 is 0.784 bits per heavy atom.